The van der Waals surface area contributed by atoms with Crippen LogP contribution in [0.5, 0.6) is 0 Å². The number of fused-ring (bicyclic) bond motifs is 1. The first-order valence-corrected chi connectivity index (χ1v) is 5.69. The van der Waals surface area contributed by atoms with Crippen LogP contribution in [0.15, 0.2) is 49.3 Å². The first kappa shape index (κ1) is 10.9. The Bertz CT molecular complexity index is 650. The van der Waals surface area contributed by atoms with Gasteiger partial charge in [0.1, 0.15) is 0 Å². The van der Waals surface area contributed by atoms with E-state index in [0.29, 0.717) is 6.42 Å². The minimum absolute atomic E-state index is 0.518. The molecule has 90 valence electrons. The van der Waals surface area contributed by atoms with Crippen LogP contribution in [0.4, 0.5) is 0 Å². The summed E-state index contributed by atoms with van der Waals surface area (Å²) in [6.07, 6.45) is 10.2. The van der Waals surface area contributed by atoms with Crippen molar-refractivity contribution in [2.45, 2.75) is 12.5 Å². The third-order valence-electron chi connectivity index (χ3n) is 2.87. The summed E-state index contributed by atoms with van der Waals surface area (Å²) >= 11 is 0. The molecule has 0 fully saturated rings. The molecule has 5 heteroatoms. The summed E-state index contributed by atoms with van der Waals surface area (Å²) in [5, 5.41) is 14.4. The standard InChI is InChI=1S/C13H12N4O/c18-13(6-10-2-1-3-14-7-10)11-8-16-17-5-4-15-9-12(11)17/h1-5,7-9,13,18H,6H2. The fraction of sp³-hybridized carbons (Fsp3) is 0.154. The van der Waals surface area contributed by atoms with E-state index >= 15 is 0 Å². The molecule has 0 aliphatic carbocycles. The number of aromatic nitrogens is 4. The maximum Gasteiger partial charge on any atom is 0.0903 e. The van der Waals surface area contributed by atoms with Crippen molar-refractivity contribution >= 4 is 5.52 Å². The molecule has 0 bridgehead atoms. The second-order valence-corrected chi connectivity index (χ2v) is 4.09. The summed E-state index contributed by atoms with van der Waals surface area (Å²) in [5.74, 6) is 0. The molecule has 5 nitrogen and oxygen atoms in total. The van der Waals surface area contributed by atoms with Gasteiger partial charge in [0.05, 0.1) is 24.0 Å². The van der Waals surface area contributed by atoms with E-state index in [-0.39, 0.29) is 0 Å². The van der Waals surface area contributed by atoms with Crippen molar-refractivity contribution in [1.29, 1.82) is 0 Å². The topological polar surface area (TPSA) is 63.3 Å². The van der Waals surface area contributed by atoms with E-state index < -0.39 is 6.10 Å². The summed E-state index contributed by atoms with van der Waals surface area (Å²) in [6, 6.07) is 3.81. The second kappa shape index (κ2) is 4.54. The smallest absolute Gasteiger partial charge is 0.0903 e. The van der Waals surface area contributed by atoms with Crippen LogP contribution in [0.1, 0.15) is 17.2 Å². The zero-order valence-electron chi connectivity index (χ0n) is 9.64. The average molecular weight is 240 g/mol. The fourth-order valence-corrected chi connectivity index (χ4v) is 1.96. The highest BCUT2D eigenvalue weighted by molar-refractivity contribution is 5.52. The highest BCUT2D eigenvalue weighted by atomic mass is 16.3. The third kappa shape index (κ3) is 1.96. The number of rotatable bonds is 3. The van der Waals surface area contributed by atoms with Crippen LogP contribution < -0.4 is 0 Å². The van der Waals surface area contributed by atoms with Crippen LogP contribution in [-0.4, -0.2) is 24.7 Å². The Hall–Kier alpha value is -2.27. The lowest BCUT2D eigenvalue weighted by Crippen LogP contribution is -2.02. The number of pyridine rings is 1. The van der Waals surface area contributed by atoms with Gasteiger partial charge in [-0.3, -0.25) is 9.97 Å². The van der Waals surface area contributed by atoms with Gasteiger partial charge in [0.2, 0.25) is 0 Å². The van der Waals surface area contributed by atoms with Gasteiger partial charge in [-0.1, -0.05) is 6.07 Å². The number of hydrogen-bond donors (Lipinski definition) is 1. The highest BCUT2D eigenvalue weighted by Gasteiger charge is 2.14. The van der Waals surface area contributed by atoms with Crippen molar-refractivity contribution in [3.8, 4) is 0 Å². The van der Waals surface area contributed by atoms with Crippen LogP contribution in [-0.2, 0) is 6.42 Å². The van der Waals surface area contributed by atoms with Gasteiger partial charge in [0.25, 0.3) is 0 Å². The normalized spacial score (nSPS) is 12.7. The monoisotopic (exact) mass is 240 g/mol. The third-order valence-corrected chi connectivity index (χ3v) is 2.87. The quantitative estimate of drug-likeness (QED) is 0.751. The van der Waals surface area contributed by atoms with E-state index in [0.717, 1.165) is 16.6 Å². The largest absolute Gasteiger partial charge is 0.388 e. The Morgan fingerprint density at radius 2 is 2.06 bits per heavy atom. The minimum Gasteiger partial charge on any atom is -0.388 e. The first-order valence-electron chi connectivity index (χ1n) is 5.69. The maximum atomic E-state index is 10.3. The Labute approximate surface area is 104 Å². The predicted molar refractivity (Wildman–Crippen MR) is 65.9 cm³/mol. The molecule has 1 N–H and O–H groups in total. The lowest BCUT2D eigenvalue weighted by Gasteiger charge is -2.08. The van der Waals surface area contributed by atoms with Crippen molar-refractivity contribution in [2.75, 3.05) is 0 Å². The number of aliphatic hydroxyl groups is 1. The molecule has 0 radical (unpaired) electrons. The van der Waals surface area contributed by atoms with Crippen LogP contribution in [0, 0.1) is 0 Å². The molecule has 1 unspecified atom stereocenters. The van der Waals surface area contributed by atoms with Crippen molar-refractivity contribution in [1.82, 2.24) is 19.6 Å². The summed E-state index contributed by atoms with van der Waals surface area (Å²) in [4.78, 5) is 8.09. The van der Waals surface area contributed by atoms with Crippen LogP contribution >= 0.6 is 0 Å². The maximum absolute atomic E-state index is 10.3. The van der Waals surface area contributed by atoms with Crippen LogP contribution in [0.25, 0.3) is 5.52 Å². The van der Waals surface area contributed by atoms with Crippen LogP contribution in [0.3, 0.4) is 0 Å². The molecule has 0 spiro atoms. The molecular formula is C13H12N4O. The van der Waals surface area contributed by atoms with E-state index in [4.69, 9.17) is 0 Å². The Balaban J connectivity index is 1.90. The Morgan fingerprint density at radius 1 is 1.17 bits per heavy atom. The molecule has 3 aromatic heterocycles. The SMILES string of the molecule is OC(Cc1cccnc1)c1cnn2ccncc12. The van der Waals surface area contributed by atoms with E-state index in [1.165, 1.54) is 0 Å². The molecule has 0 aliphatic heterocycles. The molecule has 0 aliphatic rings. The zero-order chi connectivity index (χ0) is 12.4. The molecule has 3 rings (SSSR count). The summed E-state index contributed by atoms with van der Waals surface area (Å²) < 4.78 is 1.70. The lowest BCUT2D eigenvalue weighted by atomic mass is 10.0. The van der Waals surface area contributed by atoms with Gasteiger partial charge in [-0.25, -0.2) is 4.52 Å². The number of hydrogen-bond acceptors (Lipinski definition) is 4. The minimum atomic E-state index is -0.601. The molecular weight excluding hydrogens is 228 g/mol. The van der Waals surface area contributed by atoms with Gasteiger partial charge in [-0.05, 0) is 11.6 Å². The second-order valence-electron chi connectivity index (χ2n) is 4.09. The molecule has 0 amide bonds. The van der Waals surface area contributed by atoms with Crippen molar-refractivity contribution in [2.24, 2.45) is 0 Å². The van der Waals surface area contributed by atoms with E-state index in [9.17, 15) is 5.11 Å². The van der Waals surface area contributed by atoms with E-state index in [2.05, 4.69) is 15.1 Å². The molecule has 1 atom stereocenters. The molecule has 18 heavy (non-hydrogen) atoms. The van der Waals surface area contributed by atoms with Gasteiger partial charge in [-0.2, -0.15) is 5.10 Å². The van der Waals surface area contributed by atoms with Gasteiger partial charge in [0.15, 0.2) is 0 Å². The average Bonchev–Trinajstić information content (AvgIpc) is 2.84. The van der Waals surface area contributed by atoms with Gasteiger partial charge >= 0.3 is 0 Å². The summed E-state index contributed by atoms with van der Waals surface area (Å²) in [5.41, 5.74) is 2.61. The molecule has 0 saturated carbocycles. The van der Waals surface area contributed by atoms with E-state index in [1.807, 2.05) is 12.1 Å². The molecule has 0 saturated heterocycles. The molecule has 3 aromatic rings. The zero-order valence-corrected chi connectivity index (χ0v) is 9.64. The van der Waals surface area contributed by atoms with Crippen molar-refractivity contribution in [3.05, 3.63) is 60.4 Å². The Morgan fingerprint density at radius 3 is 2.89 bits per heavy atom. The molecule has 0 aromatic carbocycles. The van der Waals surface area contributed by atoms with Crippen LogP contribution in [0.2, 0.25) is 0 Å². The summed E-state index contributed by atoms with van der Waals surface area (Å²) in [7, 11) is 0. The summed E-state index contributed by atoms with van der Waals surface area (Å²) in [6.45, 7) is 0. The Kier molecular flexibility index (Phi) is 2.74. The predicted octanol–water partition coefficient (Wildman–Crippen LogP) is 1.40. The lowest BCUT2D eigenvalue weighted by molar-refractivity contribution is 0.180. The first-order chi connectivity index (χ1) is 8.84. The van der Waals surface area contributed by atoms with Crippen molar-refractivity contribution in [3.63, 3.8) is 0 Å². The van der Waals surface area contributed by atoms with Gasteiger partial charge in [0, 0.05) is 36.8 Å². The number of aliphatic hydroxyl groups excluding tert-OH is 1. The highest BCUT2D eigenvalue weighted by Crippen LogP contribution is 2.21. The fourth-order valence-electron chi connectivity index (χ4n) is 1.96. The van der Waals surface area contributed by atoms with Gasteiger partial charge < -0.3 is 5.11 Å². The number of nitrogens with zero attached hydrogens (tertiary/aromatic N) is 4. The van der Waals surface area contributed by atoms with Gasteiger partial charge in [-0.15, -0.1) is 0 Å². The van der Waals surface area contributed by atoms with E-state index in [1.54, 1.807) is 41.7 Å². The molecule has 3 heterocycles. The van der Waals surface area contributed by atoms with Crippen molar-refractivity contribution < 1.29 is 5.11 Å².